The third-order valence-corrected chi connectivity index (χ3v) is 9.34. The minimum Gasteiger partial charge on any atom is -0.618 e. The molecule has 1 saturated heterocycles. The summed E-state index contributed by atoms with van der Waals surface area (Å²) in [5.41, 5.74) is 7.35. The van der Waals surface area contributed by atoms with Crippen LogP contribution in [-0.4, -0.2) is 34.0 Å². The summed E-state index contributed by atoms with van der Waals surface area (Å²) in [5.74, 6) is 0.128. The summed E-state index contributed by atoms with van der Waals surface area (Å²) in [6.45, 7) is 0.389. The number of aliphatic hydroxyl groups is 1. The van der Waals surface area contributed by atoms with E-state index in [0.717, 1.165) is 44.5 Å². The van der Waals surface area contributed by atoms with Crippen LogP contribution in [0.1, 0.15) is 73.2 Å². The Kier molecular flexibility index (Phi) is 13.0. The van der Waals surface area contributed by atoms with Crippen molar-refractivity contribution < 1.29 is 34.1 Å². The summed E-state index contributed by atoms with van der Waals surface area (Å²) < 4.78 is 13.8. The Morgan fingerprint density at radius 3 is 2.31 bits per heavy atom. The number of carbonyl (C=O) groups is 2. The van der Waals surface area contributed by atoms with Gasteiger partial charge in [-0.05, 0) is 52.8 Å². The number of hydrogen-bond donors (Lipinski definition) is 4. The van der Waals surface area contributed by atoms with Gasteiger partial charge < -0.3 is 25.1 Å². The summed E-state index contributed by atoms with van der Waals surface area (Å²) in [4.78, 5) is 23.4. The molecule has 11 heteroatoms. The largest absolute Gasteiger partial charge is 0.618 e. The Morgan fingerprint density at radius 2 is 1.58 bits per heavy atom. The quantitative estimate of drug-likeness (QED) is 0.0306. The number of thioether (sulfide) groups is 1. The van der Waals surface area contributed by atoms with Gasteiger partial charge in [0, 0.05) is 49.3 Å². The minimum absolute atomic E-state index is 0.0243. The lowest BCUT2D eigenvalue weighted by Crippen LogP contribution is -2.32. The number of rotatable bonds is 15. The molecule has 0 spiro atoms. The Balaban J connectivity index is 1.21. The van der Waals surface area contributed by atoms with Crippen LogP contribution in [0.3, 0.4) is 0 Å². The molecule has 3 aromatic carbocycles. The van der Waals surface area contributed by atoms with Crippen molar-refractivity contribution >= 4 is 23.6 Å². The number of nitrogens with zero attached hydrogens (tertiary/aromatic N) is 1. The van der Waals surface area contributed by atoms with Crippen LogP contribution in [0.25, 0.3) is 11.1 Å². The van der Waals surface area contributed by atoms with Crippen LogP contribution in [0.4, 0.5) is 0 Å². The lowest BCUT2D eigenvalue weighted by Gasteiger charge is -2.36. The topological polar surface area (TPSA) is 144 Å². The average Bonchev–Trinajstić information content (AvgIpc) is 3.13. The maximum Gasteiger partial charge on any atom is 0.251 e. The van der Waals surface area contributed by atoms with Crippen molar-refractivity contribution in [3.8, 4) is 11.1 Å². The first-order valence-corrected chi connectivity index (χ1v) is 17.1. The standard InChI is InChI=1S/C37H41N3O7S/c41-24-26-12-14-29(15-13-26)33-22-32(25-48-36-11-4-5-20-40(36)45)46-37(47-33)30-18-16-28(17-19-30)31-8-6-7-27(21-31)23-38-34(42)9-2-1-3-10-35(43)39-44/h4-8,11-21,32-33,37,41,44H,1-3,9-10,22-25H2,(H,38,42)(H,39,43). The molecule has 2 amide bonds. The van der Waals surface area contributed by atoms with Gasteiger partial charge >= 0.3 is 0 Å². The summed E-state index contributed by atoms with van der Waals surface area (Å²) >= 11 is 1.46. The van der Waals surface area contributed by atoms with E-state index in [1.54, 1.807) is 17.6 Å². The second kappa shape index (κ2) is 17.8. The predicted molar refractivity (Wildman–Crippen MR) is 181 cm³/mol. The molecule has 48 heavy (non-hydrogen) atoms. The van der Waals surface area contributed by atoms with E-state index in [1.807, 2.05) is 72.8 Å². The fourth-order valence-electron chi connectivity index (χ4n) is 5.51. The van der Waals surface area contributed by atoms with Crippen molar-refractivity contribution in [3.63, 3.8) is 0 Å². The maximum atomic E-state index is 12.3. The summed E-state index contributed by atoms with van der Waals surface area (Å²) in [6, 6.07) is 29.2. The van der Waals surface area contributed by atoms with Gasteiger partial charge in [-0.2, -0.15) is 4.73 Å². The highest BCUT2D eigenvalue weighted by molar-refractivity contribution is 7.99. The molecule has 0 saturated carbocycles. The Labute approximate surface area is 284 Å². The SMILES string of the molecule is O=C(CCCCCC(=O)NCc1cccc(-c2ccc(C3OC(CSc4cccc[n+]4[O-])CC(c4ccc(CO)cc4)O3)cc2)c1)NO. The molecule has 0 aliphatic carbocycles. The lowest BCUT2D eigenvalue weighted by atomic mass is 9.99. The fraction of sp³-hybridized carbons (Fsp3) is 0.324. The van der Waals surface area contributed by atoms with E-state index in [1.165, 1.54) is 18.0 Å². The molecule has 3 atom stereocenters. The lowest BCUT2D eigenvalue weighted by molar-refractivity contribution is -0.645. The Hall–Kier alpha value is -4.26. The van der Waals surface area contributed by atoms with E-state index >= 15 is 0 Å². The first kappa shape index (κ1) is 35.1. The molecule has 2 heterocycles. The smallest absolute Gasteiger partial charge is 0.251 e. The molecule has 1 aliphatic rings. The Bertz CT molecular complexity index is 1640. The molecular formula is C37H41N3O7S. The van der Waals surface area contributed by atoms with Crippen molar-refractivity contribution in [1.29, 1.82) is 0 Å². The first-order valence-electron chi connectivity index (χ1n) is 16.1. The highest BCUT2D eigenvalue weighted by Gasteiger charge is 2.32. The number of hydroxylamine groups is 1. The van der Waals surface area contributed by atoms with Gasteiger partial charge in [0.2, 0.25) is 11.8 Å². The van der Waals surface area contributed by atoms with Gasteiger partial charge in [-0.1, -0.05) is 84.9 Å². The second-order valence-corrected chi connectivity index (χ2v) is 12.8. The van der Waals surface area contributed by atoms with Gasteiger partial charge in [0.15, 0.2) is 12.5 Å². The number of nitrogens with one attached hydrogen (secondary N) is 2. The van der Waals surface area contributed by atoms with Gasteiger partial charge in [-0.25, -0.2) is 5.48 Å². The number of amides is 2. The van der Waals surface area contributed by atoms with Crippen LogP contribution < -0.4 is 15.5 Å². The van der Waals surface area contributed by atoms with Crippen molar-refractivity contribution in [2.75, 3.05) is 5.75 Å². The number of aliphatic hydroxyl groups excluding tert-OH is 1. The normalized spacial score (nSPS) is 17.5. The molecule has 4 N–H and O–H groups in total. The van der Waals surface area contributed by atoms with Crippen LogP contribution in [0.5, 0.6) is 0 Å². The van der Waals surface area contributed by atoms with Gasteiger partial charge in [0.1, 0.15) is 0 Å². The van der Waals surface area contributed by atoms with E-state index < -0.39 is 12.2 Å². The molecule has 0 radical (unpaired) electrons. The van der Waals surface area contributed by atoms with Crippen LogP contribution in [0, 0.1) is 5.21 Å². The first-order chi connectivity index (χ1) is 23.4. The van der Waals surface area contributed by atoms with Gasteiger partial charge in [0.25, 0.3) is 5.03 Å². The van der Waals surface area contributed by atoms with Gasteiger partial charge in [-0.15, -0.1) is 0 Å². The second-order valence-electron chi connectivity index (χ2n) is 11.7. The number of benzene rings is 3. The molecule has 4 aromatic rings. The average molecular weight is 672 g/mol. The summed E-state index contributed by atoms with van der Waals surface area (Å²) in [7, 11) is 0. The number of hydrogen-bond acceptors (Lipinski definition) is 8. The number of carbonyl (C=O) groups excluding carboxylic acids is 2. The maximum absolute atomic E-state index is 12.3. The minimum atomic E-state index is -0.607. The molecule has 10 nitrogen and oxygen atoms in total. The highest BCUT2D eigenvalue weighted by atomic mass is 32.2. The molecule has 5 rings (SSSR count). The predicted octanol–water partition coefficient (Wildman–Crippen LogP) is 5.89. The highest BCUT2D eigenvalue weighted by Crippen LogP contribution is 2.39. The van der Waals surface area contributed by atoms with E-state index in [0.29, 0.717) is 43.0 Å². The van der Waals surface area contributed by atoms with Crippen molar-refractivity contribution in [3.05, 3.63) is 125 Å². The van der Waals surface area contributed by atoms with Crippen molar-refractivity contribution in [1.82, 2.24) is 10.8 Å². The van der Waals surface area contributed by atoms with E-state index in [-0.39, 0.29) is 31.1 Å². The molecule has 1 fully saturated rings. The van der Waals surface area contributed by atoms with E-state index in [2.05, 4.69) is 11.4 Å². The molecule has 0 bridgehead atoms. The van der Waals surface area contributed by atoms with Crippen LogP contribution in [0.2, 0.25) is 0 Å². The third-order valence-electron chi connectivity index (χ3n) is 8.19. The zero-order chi connectivity index (χ0) is 33.7. The monoisotopic (exact) mass is 671 g/mol. The zero-order valence-corrected chi connectivity index (χ0v) is 27.4. The number of aromatic nitrogens is 1. The molecule has 3 unspecified atom stereocenters. The summed E-state index contributed by atoms with van der Waals surface area (Å²) in [5, 5.41) is 33.8. The third kappa shape index (κ3) is 10.1. The molecule has 1 aliphatic heterocycles. The molecular weight excluding hydrogens is 630 g/mol. The van der Waals surface area contributed by atoms with Gasteiger partial charge in [-0.3, -0.25) is 14.8 Å². The van der Waals surface area contributed by atoms with E-state index in [4.69, 9.17) is 14.7 Å². The van der Waals surface area contributed by atoms with Crippen LogP contribution in [-0.2, 0) is 32.2 Å². The Morgan fingerprint density at radius 1 is 0.833 bits per heavy atom. The van der Waals surface area contributed by atoms with Crippen LogP contribution in [0.15, 0.2) is 102 Å². The van der Waals surface area contributed by atoms with Crippen molar-refractivity contribution in [2.24, 2.45) is 0 Å². The molecule has 252 valence electrons. The van der Waals surface area contributed by atoms with Gasteiger partial charge in [0.05, 0.1) is 18.8 Å². The number of pyridine rings is 1. The van der Waals surface area contributed by atoms with Crippen LogP contribution >= 0.6 is 11.8 Å². The van der Waals surface area contributed by atoms with Crippen molar-refractivity contribution in [2.45, 2.75) is 75.2 Å². The fourth-order valence-corrected chi connectivity index (χ4v) is 6.45. The number of ether oxygens (including phenoxy) is 2. The zero-order valence-electron chi connectivity index (χ0n) is 26.6. The number of unbranched alkanes of at least 4 members (excludes halogenated alkanes) is 2. The summed E-state index contributed by atoms with van der Waals surface area (Å²) in [6.07, 6.45) is 3.76. The molecule has 1 aromatic heterocycles. The van der Waals surface area contributed by atoms with E-state index in [9.17, 15) is 19.9 Å².